The molecule has 0 bridgehead atoms. The number of nitrogens with zero attached hydrogens (tertiary/aromatic N) is 5. The molecular weight excluding hydrogens is 408 g/mol. The lowest BCUT2D eigenvalue weighted by Gasteiger charge is -2.35. The lowest BCUT2D eigenvalue weighted by atomic mass is 10.0. The van der Waals surface area contributed by atoms with Crippen LogP contribution in [0.3, 0.4) is 0 Å². The van der Waals surface area contributed by atoms with E-state index in [1.165, 1.54) is 0 Å². The van der Waals surface area contributed by atoms with Crippen molar-refractivity contribution in [1.29, 1.82) is 0 Å². The number of piperidine rings is 1. The topological polar surface area (TPSA) is 90.9 Å². The van der Waals surface area contributed by atoms with Gasteiger partial charge in [-0.1, -0.05) is 18.2 Å². The molecule has 1 fully saturated rings. The van der Waals surface area contributed by atoms with Crippen LogP contribution < -0.4 is 15.1 Å². The van der Waals surface area contributed by atoms with Gasteiger partial charge in [-0.25, -0.2) is 9.78 Å². The number of benzene rings is 1. The third kappa shape index (κ3) is 4.58. The molecule has 32 heavy (non-hydrogen) atoms. The molecule has 1 atom stereocenters. The number of nitrogens with one attached hydrogen (secondary N) is 1. The van der Waals surface area contributed by atoms with E-state index >= 15 is 0 Å². The molecule has 1 aromatic heterocycles. The number of fused-ring (bicyclic) bond motifs is 1. The number of carbonyl (C=O) groups is 2. The van der Waals surface area contributed by atoms with Gasteiger partial charge in [0, 0.05) is 57.3 Å². The number of methoxy groups -OCH3 is 1. The molecule has 1 unspecified atom stereocenters. The normalized spacial score (nSPS) is 18.4. The number of aldehydes is 1. The van der Waals surface area contributed by atoms with Crippen molar-refractivity contribution in [2.75, 3.05) is 48.9 Å². The van der Waals surface area contributed by atoms with Crippen molar-refractivity contribution in [2.24, 2.45) is 0 Å². The highest BCUT2D eigenvalue weighted by atomic mass is 16.5. The Kier molecular flexibility index (Phi) is 6.66. The Balaban J connectivity index is 1.41. The lowest BCUT2D eigenvalue weighted by Crippen LogP contribution is -2.46. The Bertz CT molecular complexity index is 976. The van der Waals surface area contributed by atoms with Crippen LogP contribution in [0, 0.1) is 6.92 Å². The summed E-state index contributed by atoms with van der Waals surface area (Å²) in [6, 6.07) is 8.01. The van der Waals surface area contributed by atoms with Crippen molar-refractivity contribution in [2.45, 2.75) is 38.5 Å². The van der Waals surface area contributed by atoms with Gasteiger partial charge in [-0.05, 0) is 31.4 Å². The molecule has 4 rings (SSSR count). The fourth-order valence-corrected chi connectivity index (χ4v) is 4.30. The molecule has 2 aliphatic rings. The summed E-state index contributed by atoms with van der Waals surface area (Å²) < 4.78 is 5.16. The smallest absolute Gasteiger partial charge is 0.330 e. The summed E-state index contributed by atoms with van der Waals surface area (Å²) in [6.45, 7) is 4.81. The van der Waals surface area contributed by atoms with E-state index in [4.69, 9.17) is 4.74 Å². The number of aromatic nitrogens is 2. The Hall–Kier alpha value is -3.04. The number of hydrogen-bond donors (Lipinski definition) is 1. The van der Waals surface area contributed by atoms with Gasteiger partial charge in [-0.3, -0.25) is 9.80 Å². The largest absolute Gasteiger partial charge is 0.373 e. The number of carbonyl (C=O) groups excluding carboxylic acids is 2. The molecule has 1 N–H and O–H groups in total. The summed E-state index contributed by atoms with van der Waals surface area (Å²) in [5.74, 6) is 1.18. The van der Waals surface area contributed by atoms with Gasteiger partial charge < -0.3 is 19.7 Å². The number of aryl methyl sites for hydroxylation is 1. The van der Waals surface area contributed by atoms with Gasteiger partial charge in [-0.2, -0.15) is 4.98 Å². The summed E-state index contributed by atoms with van der Waals surface area (Å²) in [6.07, 6.45) is 4.12. The summed E-state index contributed by atoms with van der Waals surface area (Å²) in [4.78, 5) is 38.8. The van der Waals surface area contributed by atoms with Crippen LogP contribution in [0.4, 0.5) is 22.2 Å². The lowest BCUT2D eigenvalue weighted by molar-refractivity contribution is -0.117. The van der Waals surface area contributed by atoms with E-state index in [1.54, 1.807) is 30.2 Å². The van der Waals surface area contributed by atoms with E-state index in [-0.39, 0.29) is 18.2 Å². The third-order valence-corrected chi connectivity index (χ3v) is 6.23. The van der Waals surface area contributed by atoms with Gasteiger partial charge in [0.05, 0.1) is 6.54 Å². The number of ether oxygens (including phenoxy) is 1. The minimum Gasteiger partial charge on any atom is -0.373 e. The first-order valence-electron chi connectivity index (χ1n) is 10.9. The Morgan fingerprint density at radius 3 is 2.72 bits per heavy atom. The Morgan fingerprint density at radius 2 is 2.03 bits per heavy atom. The molecule has 2 aromatic rings. The number of para-hydroxylation sites is 1. The number of likely N-dealkylation sites (tertiary alicyclic amines) is 1. The standard InChI is InChI=1S/C23H30N6O3/c1-16-6-4-5-7-20(16)29-13-17-12-24-22(26-21(17)27(2)23(29)31)25-18-8-10-28(11-9-18)14-19(15-30)32-3/h4-7,12,15,18-19H,8-11,13-14H2,1-3H3,(H,24,25,26). The number of rotatable bonds is 7. The molecule has 0 spiro atoms. The zero-order valence-electron chi connectivity index (χ0n) is 18.8. The van der Waals surface area contributed by atoms with Gasteiger partial charge >= 0.3 is 6.03 Å². The van der Waals surface area contributed by atoms with Gasteiger partial charge in [0.15, 0.2) is 0 Å². The molecule has 2 aliphatic heterocycles. The second-order valence-electron chi connectivity index (χ2n) is 8.39. The molecule has 0 radical (unpaired) electrons. The predicted octanol–water partition coefficient (Wildman–Crippen LogP) is 2.45. The fraction of sp³-hybridized carbons (Fsp3) is 0.478. The van der Waals surface area contributed by atoms with Crippen LogP contribution in [0.2, 0.25) is 0 Å². The van der Waals surface area contributed by atoms with Crippen molar-refractivity contribution in [3.8, 4) is 0 Å². The second kappa shape index (κ2) is 9.62. The number of urea groups is 1. The van der Waals surface area contributed by atoms with Crippen LogP contribution in [0.15, 0.2) is 30.5 Å². The molecule has 9 nitrogen and oxygen atoms in total. The molecule has 3 heterocycles. The van der Waals surface area contributed by atoms with Crippen LogP contribution in [-0.4, -0.2) is 73.1 Å². The van der Waals surface area contributed by atoms with Crippen LogP contribution >= 0.6 is 0 Å². The number of amides is 2. The zero-order valence-corrected chi connectivity index (χ0v) is 18.8. The quantitative estimate of drug-likeness (QED) is 0.664. The van der Waals surface area contributed by atoms with Gasteiger partial charge in [0.1, 0.15) is 18.2 Å². The molecule has 0 saturated carbocycles. The third-order valence-electron chi connectivity index (χ3n) is 6.23. The summed E-state index contributed by atoms with van der Waals surface area (Å²) in [7, 11) is 3.31. The molecule has 2 amide bonds. The summed E-state index contributed by atoms with van der Waals surface area (Å²) >= 11 is 0. The first-order valence-corrected chi connectivity index (χ1v) is 10.9. The minimum absolute atomic E-state index is 0.104. The van der Waals surface area contributed by atoms with E-state index < -0.39 is 0 Å². The molecule has 9 heteroatoms. The zero-order chi connectivity index (χ0) is 22.7. The van der Waals surface area contributed by atoms with E-state index in [0.29, 0.717) is 24.9 Å². The second-order valence-corrected chi connectivity index (χ2v) is 8.39. The Morgan fingerprint density at radius 1 is 1.28 bits per heavy atom. The maximum Gasteiger partial charge on any atom is 0.330 e. The highest BCUT2D eigenvalue weighted by molar-refractivity contribution is 6.05. The van der Waals surface area contributed by atoms with E-state index in [9.17, 15) is 9.59 Å². The summed E-state index contributed by atoms with van der Waals surface area (Å²) in [5.41, 5.74) is 2.86. The van der Waals surface area contributed by atoms with Gasteiger partial charge in [0.25, 0.3) is 0 Å². The molecule has 170 valence electrons. The van der Waals surface area contributed by atoms with Crippen LogP contribution in [0.1, 0.15) is 24.0 Å². The van der Waals surface area contributed by atoms with Crippen LogP contribution in [-0.2, 0) is 16.1 Å². The minimum atomic E-state index is -0.379. The first kappa shape index (κ1) is 22.2. The van der Waals surface area contributed by atoms with E-state index in [0.717, 1.165) is 49.0 Å². The summed E-state index contributed by atoms with van der Waals surface area (Å²) in [5, 5.41) is 3.42. The Labute approximate surface area is 188 Å². The van der Waals surface area contributed by atoms with Gasteiger partial charge in [-0.15, -0.1) is 0 Å². The maximum atomic E-state index is 13.0. The molecular formula is C23H30N6O3. The number of anilines is 3. The van der Waals surface area contributed by atoms with Crippen LogP contribution in [0.25, 0.3) is 0 Å². The maximum absolute atomic E-state index is 13.0. The van der Waals surface area contributed by atoms with Crippen molar-refractivity contribution in [1.82, 2.24) is 14.9 Å². The van der Waals surface area contributed by atoms with Crippen LogP contribution in [0.5, 0.6) is 0 Å². The fourth-order valence-electron chi connectivity index (χ4n) is 4.30. The number of hydrogen-bond acceptors (Lipinski definition) is 7. The predicted molar refractivity (Wildman–Crippen MR) is 123 cm³/mol. The van der Waals surface area contributed by atoms with Crippen molar-refractivity contribution in [3.05, 3.63) is 41.6 Å². The van der Waals surface area contributed by atoms with Crippen molar-refractivity contribution in [3.63, 3.8) is 0 Å². The molecule has 1 aromatic carbocycles. The average Bonchev–Trinajstić information content (AvgIpc) is 2.81. The average molecular weight is 439 g/mol. The molecule has 1 saturated heterocycles. The van der Waals surface area contributed by atoms with E-state index in [2.05, 4.69) is 20.2 Å². The SMILES string of the molecule is COC(C=O)CN1CCC(Nc2ncc3c(n2)N(C)C(=O)N(c2ccccc2C)C3)CC1. The first-order chi connectivity index (χ1) is 15.5. The van der Waals surface area contributed by atoms with Crippen molar-refractivity contribution < 1.29 is 14.3 Å². The van der Waals surface area contributed by atoms with Gasteiger partial charge in [0.2, 0.25) is 5.95 Å². The van der Waals surface area contributed by atoms with Crippen molar-refractivity contribution >= 4 is 29.8 Å². The monoisotopic (exact) mass is 438 g/mol. The van der Waals surface area contributed by atoms with E-state index in [1.807, 2.05) is 31.2 Å². The molecule has 0 aliphatic carbocycles. The highest BCUT2D eigenvalue weighted by Crippen LogP contribution is 2.31. The highest BCUT2D eigenvalue weighted by Gasteiger charge is 2.31.